The van der Waals surface area contributed by atoms with Gasteiger partial charge in [0.1, 0.15) is 0 Å². The molecule has 0 atom stereocenters. The molecule has 0 unspecified atom stereocenters. The van der Waals surface area contributed by atoms with Crippen molar-refractivity contribution in [1.29, 1.82) is 0 Å². The summed E-state index contributed by atoms with van der Waals surface area (Å²) in [5, 5.41) is 8.79. The smallest absolute Gasteiger partial charge is 0.317 e. The van der Waals surface area contributed by atoms with Crippen LogP contribution in [0.3, 0.4) is 0 Å². The van der Waals surface area contributed by atoms with Gasteiger partial charge in [0, 0.05) is 11.6 Å². The molecule has 1 fully saturated rings. The molecule has 17 heavy (non-hydrogen) atoms. The van der Waals surface area contributed by atoms with E-state index in [4.69, 9.17) is 5.11 Å². The third-order valence-corrected chi connectivity index (χ3v) is 2.69. The van der Waals surface area contributed by atoms with Crippen LogP contribution in [0.2, 0.25) is 0 Å². The van der Waals surface area contributed by atoms with Crippen LogP contribution in [0.1, 0.15) is 18.4 Å². The molecule has 0 bridgehead atoms. The van der Waals surface area contributed by atoms with Gasteiger partial charge in [0.2, 0.25) is 0 Å². The lowest BCUT2D eigenvalue weighted by atomic mass is 10.2. The third-order valence-electron chi connectivity index (χ3n) is 2.69. The summed E-state index contributed by atoms with van der Waals surface area (Å²) in [5.74, 6) is 5.31. The zero-order chi connectivity index (χ0) is 12.1. The van der Waals surface area contributed by atoms with Crippen molar-refractivity contribution >= 4 is 5.97 Å². The van der Waals surface area contributed by atoms with E-state index in [0.29, 0.717) is 12.6 Å². The van der Waals surface area contributed by atoms with Crippen LogP contribution in [0, 0.1) is 11.8 Å². The van der Waals surface area contributed by atoms with E-state index < -0.39 is 5.97 Å². The number of nitrogens with zero attached hydrogens (tertiary/aromatic N) is 1. The number of aliphatic carboxylic acids is 1. The molecule has 3 nitrogen and oxygen atoms in total. The van der Waals surface area contributed by atoms with Gasteiger partial charge in [-0.1, -0.05) is 30.0 Å². The molecule has 1 aromatic carbocycles. The highest BCUT2D eigenvalue weighted by Gasteiger charge is 2.29. The van der Waals surface area contributed by atoms with Crippen LogP contribution < -0.4 is 0 Å². The molecule has 0 saturated heterocycles. The lowest BCUT2D eigenvalue weighted by molar-refractivity contribution is -0.138. The van der Waals surface area contributed by atoms with Crippen molar-refractivity contribution in [3.63, 3.8) is 0 Å². The van der Waals surface area contributed by atoms with Gasteiger partial charge in [0.25, 0.3) is 0 Å². The summed E-state index contributed by atoms with van der Waals surface area (Å²) < 4.78 is 0. The molecule has 0 amide bonds. The van der Waals surface area contributed by atoms with Gasteiger partial charge in [-0.05, 0) is 25.0 Å². The molecule has 0 radical (unpaired) electrons. The molecule has 1 aromatic rings. The van der Waals surface area contributed by atoms with E-state index in [1.807, 2.05) is 35.2 Å². The Kier molecular flexibility index (Phi) is 3.79. The fourth-order valence-corrected chi connectivity index (χ4v) is 1.69. The number of carboxylic acids is 1. The Morgan fingerprint density at radius 1 is 1.35 bits per heavy atom. The first-order valence-electron chi connectivity index (χ1n) is 5.75. The second-order valence-electron chi connectivity index (χ2n) is 4.20. The standard InChI is InChI=1S/C14H15NO2/c16-14(17)11-15(13-8-9-13)10-4-7-12-5-2-1-3-6-12/h1-3,5-6,13H,8-11H2,(H,16,17). The normalized spacial score (nSPS) is 14.2. The molecule has 2 rings (SSSR count). The number of benzene rings is 1. The minimum Gasteiger partial charge on any atom is -0.480 e. The van der Waals surface area contributed by atoms with Gasteiger partial charge >= 0.3 is 5.97 Å². The summed E-state index contributed by atoms with van der Waals surface area (Å²) in [7, 11) is 0. The highest BCUT2D eigenvalue weighted by atomic mass is 16.4. The second kappa shape index (κ2) is 5.51. The topological polar surface area (TPSA) is 40.5 Å². The summed E-state index contributed by atoms with van der Waals surface area (Å²) >= 11 is 0. The average Bonchev–Trinajstić information content (AvgIpc) is 3.12. The van der Waals surface area contributed by atoms with E-state index >= 15 is 0 Å². The Morgan fingerprint density at radius 2 is 2.06 bits per heavy atom. The van der Waals surface area contributed by atoms with Crippen LogP contribution in [0.5, 0.6) is 0 Å². The number of hydrogen-bond acceptors (Lipinski definition) is 2. The number of rotatable bonds is 4. The SMILES string of the molecule is O=C(O)CN(CC#Cc1ccccc1)C1CC1. The lowest BCUT2D eigenvalue weighted by Crippen LogP contribution is -2.32. The summed E-state index contributed by atoms with van der Waals surface area (Å²) in [6.45, 7) is 0.625. The first-order chi connectivity index (χ1) is 8.25. The van der Waals surface area contributed by atoms with Crippen LogP contribution in [0.4, 0.5) is 0 Å². The molecule has 88 valence electrons. The summed E-state index contributed by atoms with van der Waals surface area (Å²) in [6.07, 6.45) is 2.20. The molecule has 3 heteroatoms. The number of carboxylic acid groups (broad SMARTS) is 1. The Hall–Kier alpha value is -1.79. The Bertz CT molecular complexity index is 440. The monoisotopic (exact) mass is 229 g/mol. The predicted octanol–water partition coefficient (Wildman–Crippen LogP) is 1.59. The quantitative estimate of drug-likeness (QED) is 0.797. The van der Waals surface area contributed by atoms with Crippen molar-refractivity contribution in [3.8, 4) is 11.8 Å². The van der Waals surface area contributed by atoms with E-state index in [9.17, 15) is 4.79 Å². The summed E-state index contributed by atoms with van der Waals surface area (Å²) in [4.78, 5) is 12.6. The second-order valence-corrected chi connectivity index (χ2v) is 4.20. The van der Waals surface area contributed by atoms with Gasteiger partial charge in [0.05, 0.1) is 13.1 Å². The minimum absolute atomic E-state index is 0.0914. The first kappa shape index (κ1) is 11.7. The van der Waals surface area contributed by atoms with Crippen molar-refractivity contribution in [2.24, 2.45) is 0 Å². The van der Waals surface area contributed by atoms with E-state index in [-0.39, 0.29) is 6.54 Å². The van der Waals surface area contributed by atoms with Crippen molar-refractivity contribution in [2.45, 2.75) is 18.9 Å². The van der Waals surface area contributed by atoms with E-state index in [2.05, 4.69) is 11.8 Å². The minimum atomic E-state index is -0.779. The maximum atomic E-state index is 10.7. The number of hydrogen-bond donors (Lipinski definition) is 1. The average molecular weight is 229 g/mol. The van der Waals surface area contributed by atoms with Gasteiger partial charge in [-0.15, -0.1) is 0 Å². The van der Waals surface area contributed by atoms with Crippen LogP contribution in [0.25, 0.3) is 0 Å². The van der Waals surface area contributed by atoms with E-state index in [1.165, 1.54) is 0 Å². The van der Waals surface area contributed by atoms with Gasteiger partial charge in [-0.25, -0.2) is 0 Å². The van der Waals surface area contributed by atoms with Crippen molar-refractivity contribution in [1.82, 2.24) is 4.90 Å². The highest BCUT2D eigenvalue weighted by molar-refractivity contribution is 5.69. The molecule has 1 saturated carbocycles. The maximum Gasteiger partial charge on any atom is 0.317 e. The maximum absolute atomic E-state index is 10.7. The highest BCUT2D eigenvalue weighted by Crippen LogP contribution is 2.25. The van der Waals surface area contributed by atoms with Gasteiger partial charge in [0.15, 0.2) is 0 Å². The summed E-state index contributed by atoms with van der Waals surface area (Å²) in [6, 6.07) is 10.2. The molecule has 1 aliphatic rings. The van der Waals surface area contributed by atoms with Crippen molar-refractivity contribution in [3.05, 3.63) is 35.9 Å². The molecular weight excluding hydrogens is 214 g/mol. The zero-order valence-corrected chi connectivity index (χ0v) is 9.60. The zero-order valence-electron chi connectivity index (χ0n) is 9.60. The predicted molar refractivity (Wildman–Crippen MR) is 65.6 cm³/mol. The molecular formula is C14H15NO2. The molecule has 0 heterocycles. The van der Waals surface area contributed by atoms with Crippen molar-refractivity contribution in [2.75, 3.05) is 13.1 Å². The van der Waals surface area contributed by atoms with Crippen molar-refractivity contribution < 1.29 is 9.90 Å². The molecule has 1 aliphatic carbocycles. The summed E-state index contributed by atoms with van der Waals surface area (Å²) in [5.41, 5.74) is 0.971. The molecule has 0 aromatic heterocycles. The number of carbonyl (C=O) groups is 1. The Balaban J connectivity index is 1.91. The van der Waals surface area contributed by atoms with Crippen LogP contribution >= 0.6 is 0 Å². The first-order valence-corrected chi connectivity index (χ1v) is 5.75. The molecule has 1 N–H and O–H groups in total. The largest absolute Gasteiger partial charge is 0.480 e. The van der Waals surface area contributed by atoms with Crippen LogP contribution in [0.15, 0.2) is 30.3 Å². The Labute approximate surface area is 101 Å². The van der Waals surface area contributed by atoms with Gasteiger partial charge < -0.3 is 5.11 Å². The van der Waals surface area contributed by atoms with Gasteiger partial charge in [-0.2, -0.15) is 0 Å². The van der Waals surface area contributed by atoms with Gasteiger partial charge in [-0.3, -0.25) is 9.69 Å². The molecule has 0 spiro atoms. The van der Waals surface area contributed by atoms with Crippen LogP contribution in [-0.4, -0.2) is 35.1 Å². The third kappa shape index (κ3) is 3.93. The van der Waals surface area contributed by atoms with E-state index in [0.717, 1.165) is 18.4 Å². The van der Waals surface area contributed by atoms with Crippen LogP contribution in [-0.2, 0) is 4.79 Å². The fraction of sp³-hybridized carbons (Fsp3) is 0.357. The molecule has 0 aliphatic heterocycles. The Morgan fingerprint density at radius 3 is 2.65 bits per heavy atom. The fourth-order valence-electron chi connectivity index (χ4n) is 1.69. The lowest BCUT2D eigenvalue weighted by Gasteiger charge is -2.15. The van der Waals surface area contributed by atoms with E-state index in [1.54, 1.807) is 0 Å².